The number of rotatable bonds is 4. The number of carbonyl (C=O) groups excluding carboxylic acids is 1. The molecular formula is C10H10F2OS. The first-order valence-corrected chi connectivity index (χ1v) is 5.36. The molecule has 0 amide bonds. The van der Waals surface area contributed by atoms with Crippen molar-refractivity contribution in [1.82, 2.24) is 0 Å². The molecule has 0 saturated heterocycles. The summed E-state index contributed by atoms with van der Waals surface area (Å²) in [5, 5.41) is 0. The predicted octanol–water partition coefficient (Wildman–Crippen LogP) is 2.90. The molecule has 0 aliphatic carbocycles. The number of ketones is 1. The smallest absolute Gasteiger partial charge is 0.172 e. The lowest BCUT2D eigenvalue weighted by Crippen LogP contribution is -2.03. The summed E-state index contributed by atoms with van der Waals surface area (Å²) in [6, 6.07) is 3.21. The van der Waals surface area contributed by atoms with Crippen LogP contribution in [0, 0.1) is 11.6 Å². The van der Waals surface area contributed by atoms with Gasteiger partial charge in [-0.25, -0.2) is 8.78 Å². The molecule has 0 saturated carbocycles. The van der Waals surface area contributed by atoms with E-state index < -0.39 is 11.6 Å². The average molecular weight is 216 g/mol. The highest BCUT2D eigenvalue weighted by Gasteiger charge is 2.08. The van der Waals surface area contributed by atoms with Gasteiger partial charge in [-0.15, -0.1) is 0 Å². The summed E-state index contributed by atoms with van der Waals surface area (Å²) in [6.07, 6.45) is 0. The van der Waals surface area contributed by atoms with E-state index >= 15 is 0 Å². The highest BCUT2D eigenvalue weighted by Crippen LogP contribution is 2.11. The van der Waals surface area contributed by atoms with Gasteiger partial charge in [0.2, 0.25) is 0 Å². The Morgan fingerprint density at radius 3 is 2.64 bits per heavy atom. The van der Waals surface area contributed by atoms with Crippen LogP contribution in [0.3, 0.4) is 0 Å². The Morgan fingerprint density at radius 2 is 2.07 bits per heavy atom. The third kappa shape index (κ3) is 2.80. The second-order valence-corrected chi connectivity index (χ2v) is 3.96. The first-order valence-electron chi connectivity index (χ1n) is 4.21. The zero-order chi connectivity index (χ0) is 10.6. The van der Waals surface area contributed by atoms with Crippen molar-refractivity contribution in [2.75, 3.05) is 11.5 Å². The van der Waals surface area contributed by atoms with Gasteiger partial charge in [-0.3, -0.25) is 4.79 Å². The van der Waals surface area contributed by atoms with E-state index in [9.17, 15) is 13.6 Å². The normalized spacial score (nSPS) is 10.2. The Kier molecular flexibility index (Phi) is 4.07. The van der Waals surface area contributed by atoms with Crippen molar-refractivity contribution >= 4 is 17.5 Å². The molecule has 0 atom stereocenters. The molecule has 0 fully saturated rings. The van der Waals surface area contributed by atoms with Crippen molar-refractivity contribution in [3.63, 3.8) is 0 Å². The van der Waals surface area contributed by atoms with Crippen molar-refractivity contribution in [1.29, 1.82) is 0 Å². The zero-order valence-electron chi connectivity index (χ0n) is 7.72. The van der Waals surface area contributed by atoms with Crippen LogP contribution in [0.15, 0.2) is 18.2 Å². The topological polar surface area (TPSA) is 17.1 Å². The van der Waals surface area contributed by atoms with Crippen LogP contribution in [-0.4, -0.2) is 17.3 Å². The van der Waals surface area contributed by atoms with E-state index in [1.165, 1.54) is 17.8 Å². The van der Waals surface area contributed by atoms with Crippen molar-refractivity contribution in [2.45, 2.75) is 6.92 Å². The van der Waals surface area contributed by atoms with E-state index in [0.29, 0.717) is 5.75 Å². The van der Waals surface area contributed by atoms with E-state index in [4.69, 9.17) is 0 Å². The summed E-state index contributed by atoms with van der Waals surface area (Å²) in [6.45, 7) is 1.93. The predicted molar refractivity (Wildman–Crippen MR) is 53.7 cm³/mol. The number of hydrogen-bond acceptors (Lipinski definition) is 2. The average Bonchev–Trinajstić information content (AvgIpc) is 2.18. The molecule has 1 aromatic carbocycles. The molecule has 0 heterocycles. The molecule has 0 aromatic heterocycles. The van der Waals surface area contributed by atoms with Crippen LogP contribution >= 0.6 is 11.8 Å². The molecule has 0 aliphatic rings. The van der Waals surface area contributed by atoms with E-state index in [2.05, 4.69) is 0 Å². The first-order chi connectivity index (χ1) is 6.65. The van der Waals surface area contributed by atoms with Crippen molar-refractivity contribution in [3.05, 3.63) is 35.4 Å². The zero-order valence-corrected chi connectivity index (χ0v) is 8.54. The Labute approximate surface area is 85.5 Å². The molecule has 1 rings (SSSR count). The van der Waals surface area contributed by atoms with E-state index in [0.717, 1.165) is 17.9 Å². The van der Waals surface area contributed by atoms with Crippen LogP contribution in [0.5, 0.6) is 0 Å². The summed E-state index contributed by atoms with van der Waals surface area (Å²) >= 11 is 1.46. The summed E-state index contributed by atoms with van der Waals surface area (Å²) < 4.78 is 25.3. The van der Waals surface area contributed by atoms with Gasteiger partial charge < -0.3 is 0 Å². The van der Waals surface area contributed by atoms with Crippen molar-refractivity contribution < 1.29 is 13.6 Å². The summed E-state index contributed by atoms with van der Waals surface area (Å²) in [5.74, 6) is -0.936. The fourth-order valence-corrected chi connectivity index (χ4v) is 1.50. The van der Waals surface area contributed by atoms with Gasteiger partial charge in [-0.2, -0.15) is 11.8 Å². The molecule has 1 nitrogen and oxygen atoms in total. The number of thioether (sulfide) groups is 1. The van der Waals surface area contributed by atoms with Gasteiger partial charge in [0.15, 0.2) is 17.4 Å². The van der Waals surface area contributed by atoms with Crippen LogP contribution in [0.4, 0.5) is 8.78 Å². The fourth-order valence-electron chi connectivity index (χ4n) is 0.948. The van der Waals surface area contributed by atoms with Gasteiger partial charge >= 0.3 is 0 Å². The minimum atomic E-state index is -0.975. The first kappa shape index (κ1) is 11.2. The van der Waals surface area contributed by atoms with Crippen LogP contribution in [0.1, 0.15) is 17.3 Å². The summed E-state index contributed by atoms with van der Waals surface area (Å²) in [4.78, 5) is 11.4. The molecule has 1 aromatic rings. The molecule has 0 spiro atoms. The molecule has 0 unspecified atom stereocenters. The third-order valence-electron chi connectivity index (χ3n) is 1.68. The number of Topliss-reactive ketones (excluding diaryl/α,β-unsaturated/α-hetero) is 1. The quantitative estimate of drug-likeness (QED) is 0.720. The Morgan fingerprint density at radius 1 is 1.36 bits per heavy atom. The maximum atomic E-state index is 12.7. The van der Waals surface area contributed by atoms with Gasteiger partial charge in [0.1, 0.15) is 0 Å². The van der Waals surface area contributed by atoms with Gasteiger partial charge in [0.25, 0.3) is 0 Å². The standard InChI is InChI=1S/C10H10F2OS/c1-2-14-6-10(13)7-3-4-8(11)9(12)5-7/h3-5H,2,6H2,1H3. The lowest BCUT2D eigenvalue weighted by molar-refractivity contribution is 0.102. The highest BCUT2D eigenvalue weighted by molar-refractivity contribution is 7.99. The number of hydrogen-bond donors (Lipinski definition) is 0. The molecule has 0 bridgehead atoms. The Balaban J connectivity index is 2.76. The monoisotopic (exact) mass is 216 g/mol. The Bertz CT molecular complexity index is 339. The number of benzene rings is 1. The summed E-state index contributed by atoms with van der Waals surface area (Å²) in [5.41, 5.74) is 0.227. The molecule has 76 valence electrons. The minimum absolute atomic E-state index is 0.171. The number of carbonyl (C=O) groups is 1. The van der Waals surface area contributed by atoms with E-state index in [1.807, 2.05) is 6.92 Å². The summed E-state index contributed by atoms with van der Waals surface area (Å²) in [7, 11) is 0. The van der Waals surface area contributed by atoms with Gasteiger partial charge in [0, 0.05) is 5.56 Å². The molecule has 4 heteroatoms. The second-order valence-electron chi connectivity index (χ2n) is 2.69. The SMILES string of the molecule is CCSCC(=O)c1ccc(F)c(F)c1. The van der Waals surface area contributed by atoms with Crippen molar-refractivity contribution in [3.8, 4) is 0 Å². The van der Waals surface area contributed by atoms with Crippen LogP contribution < -0.4 is 0 Å². The van der Waals surface area contributed by atoms with Gasteiger partial charge in [-0.05, 0) is 24.0 Å². The maximum absolute atomic E-state index is 12.7. The second kappa shape index (κ2) is 5.10. The lowest BCUT2D eigenvalue weighted by Gasteiger charge is -2.00. The highest BCUT2D eigenvalue weighted by atomic mass is 32.2. The van der Waals surface area contributed by atoms with Gasteiger partial charge in [0.05, 0.1) is 5.75 Å². The fraction of sp³-hybridized carbons (Fsp3) is 0.300. The van der Waals surface area contributed by atoms with Crippen molar-refractivity contribution in [2.24, 2.45) is 0 Å². The molecule has 0 aliphatic heterocycles. The molecular weight excluding hydrogens is 206 g/mol. The minimum Gasteiger partial charge on any atom is -0.293 e. The Hall–Kier alpha value is -0.900. The van der Waals surface area contributed by atoms with E-state index in [1.54, 1.807) is 0 Å². The van der Waals surface area contributed by atoms with Gasteiger partial charge in [-0.1, -0.05) is 6.92 Å². The molecule has 0 N–H and O–H groups in total. The largest absolute Gasteiger partial charge is 0.293 e. The van der Waals surface area contributed by atoms with Crippen LogP contribution in [-0.2, 0) is 0 Å². The molecule has 14 heavy (non-hydrogen) atoms. The van der Waals surface area contributed by atoms with Crippen LogP contribution in [0.2, 0.25) is 0 Å². The molecule has 0 radical (unpaired) electrons. The maximum Gasteiger partial charge on any atom is 0.172 e. The number of halogens is 2. The van der Waals surface area contributed by atoms with Crippen LogP contribution in [0.25, 0.3) is 0 Å². The third-order valence-corrected chi connectivity index (χ3v) is 2.55. The van der Waals surface area contributed by atoms with E-state index in [-0.39, 0.29) is 11.3 Å². The lowest BCUT2D eigenvalue weighted by atomic mass is 10.1.